The number of nitrogens with one attached hydrogen (secondary N) is 1. The second-order valence-electron chi connectivity index (χ2n) is 9.32. The molecule has 1 amide bonds. The number of nitrogens with zero attached hydrogens (tertiary/aromatic N) is 6. The summed E-state index contributed by atoms with van der Waals surface area (Å²) in [5, 5.41) is 12.3. The number of amides is 1. The van der Waals surface area contributed by atoms with Crippen molar-refractivity contribution >= 4 is 29.0 Å². The fourth-order valence-electron chi connectivity index (χ4n) is 4.67. The standard InChI is InChI=1S/C28H31N7O2/c1-21-20-30-28(31-24-6-8-25(9-7-24)33-14-16-37-17-15-33)32-27(21)35-12-10-34(11-13-35)26(36)18-22-2-4-23(19-29)5-3-22/h2-9,20H,10-18H2,1H3,(H,30,31,32). The highest BCUT2D eigenvalue weighted by atomic mass is 16.5. The average molecular weight is 498 g/mol. The molecule has 0 spiro atoms. The van der Waals surface area contributed by atoms with Gasteiger partial charge in [-0.25, -0.2) is 4.98 Å². The van der Waals surface area contributed by atoms with Crippen LogP contribution in [0.5, 0.6) is 0 Å². The fourth-order valence-corrected chi connectivity index (χ4v) is 4.67. The maximum atomic E-state index is 12.8. The van der Waals surface area contributed by atoms with Crippen LogP contribution < -0.4 is 15.1 Å². The molecule has 0 unspecified atom stereocenters. The molecule has 5 rings (SSSR count). The Morgan fingerprint density at radius 1 is 0.973 bits per heavy atom. The maximum Gasteiger partial charge on any atom is 0.229 e. The predicted molar refractivity (Wildman–Crippen MR) is 143 cm³/mol. The Morgan fingerprint density at radius 2 is 1.68 bits per heavy atom. The largest absolute Gasteiger partial charge is 0.378 e. The quantitative estimate of drug-likeness (QED) is 0.555. The fraction of sp³-hybridized carbons (Fsp3) is 0.357. The number of nitriles is 1. The summed E-state index contributed by atoms with van der Waals surface area (Å²) < 4.78 is 5.44. The summed E-state index contributed by atoms with van der Waals surface area (Å²) in [5.74, 6) is 1.55. The minimum absolute atomic E-state index is 0.103. The molecule has 190 valence electrons. The molecule has 0 bridgehead atoms. The highest BCUT2D eigenvalue weighted by molar-refractivity contribution is 5.79. The number of hydrogen-bond donors (Lipinski definition) is 1. The molecule has 1 aromatic heterocycles. The van der Waals surface area contributed by atoms with E-state index in [2.05, 4.69) is 38.3 Å². The Labute approximate surface area is 217 Å². The molecule has 2 aromatic carbocycles. The zero-order chi connectivity index (χ0) is 25.6. The molecular weight excluding hydrogens is 466 g/mol. The van der Waals surface area contributed by atoms with Crippen molar-refractivity contribution in [2.45, 2.75) is 13.3 Å². The second-order valence-corrected chi connectivity index (χ2v) is 9.32. The molecule has 2 saturated heterocycles. The maximum absolute atomic E-state index is 12.8. The van der Waals surface area contributed by atoms with Crippen LogP contribution in [0.3, 0.4) is 0 Å². The van der Waals surface area contributed by atoms with E-state index in [1.54, 1.807) is 12.1 Å². The summed E-state index contributed by atoms with van der Waals surface area (Å²) in [7, 11) is 0. The lowest BCUT2D eigenvalue weighted by molar-refractivity contribution is -0.130. The zero-order valence-electron chi connectivity index (χ0n) is 21.1. The monoisotopic (exact) mass is 497 g/mol. The van der Waals surface area contributed by atoms with Crippen LogP contribution in [-0.4, -0.2) is 73.3 Å². The van der Waals surface area contributed by atoms with Gasteiger partial charge in [0, 0.05) is 62.4 Å². The Morgan fingerprint density at radius 3 is 2.35 bits per heavy atom. The van der Waals surface area contributed by atoms with Crippen molar-refractivity contribution in [3.05, 3.63) is 71.4 Å². The van der Waals surface area contributed by atoms with Gasteiger partial charge in [-0.15, -0.1) is 0 Å². The minimum atomic E-state index is 0.103. The van der Waals surface area contributed by atoms with E-state index in [1.165, 1.54) is 5.69 Å². The first kappa shape index (κ1) is 24.5. The average Bonchev–Trinajstić information content (AvgIpc) is 2.95. The van der Waals surface area contributed by atoms with Crippen LogP contribution in [0.1, 0.15) is 16.7 Å². The van der Waals surface area contributed by atoms with Crippen LogP contribution in [0, 0.1) is 18.3 Å². The topological polar surface area (TPSA) is 97.6 Å². The van der Waals surface area contributed by atoms with Crippen molar-refractivity contribution < 1.29 is 9.53 Å². The first-order valence-electron chi connectivity index (χ1n) is 12.6. The highest BCUT2D eigenvalue weighted by Gasteiger charge is 2.23. The van der Waals surface area contributed by atoms with Crippen molar-refractivity contribution in [3.8, 4) is 6.07 Å². The molecule has 37 heavy (non-hydrogen) atoms. The van der Waals surface area contributed by atoms with E-state index in [4.69, 9.17) is 15.0 Å². The number of hydrogen-bond acceptors (Lipinski definition) is 8. The van der Waals surface area contributed by atoms with E-state index in [0.29, 0.717) is 44.1 Å². The van der Waals surface area contributed by atoms with E-state index < -0.39 is 0 Å². The van der Waals surface area contributed by atoms with Gasteiger partial charge in [-0.1, -0.05) is 12.1 Å². The van der Waals surface area contributed by atoms with Gasteiger partial charge in [-0.05, 0) is 48.9 Å². The molecular formula is C28H31N7O2. The molecule has 0 saturated carbocycles. The van der Waals surface area contributed by atoms with Gasteiger partial charge in [0.2, 0.25) is 11.9 Å². The van der Waals surface area contributed by atoms with Crippen LogP contribution in [0.4, 0.5) is 23.1 Å². The first-order chi connectivity index (χ1) is 18.1. The summed E-state index contributed by atoms with van der Waals surface area (Å²) in [6, 6.07) is 17.6. The lowest BCUT2D eigenvalue weighted by Gasteiger charge is -2.36. The van der Waals surface area contributed by atoms with Gasteiger partial charge in [0.15, 0.2) is 0 Å². The Bertz CT molecular complexity index is 1260. The normalized spacial score (nSPS) is 15.8. The number of anilines is 4. The van der Waals surface area contributed by atoms with E-state index >= 15 is 0 Å². The number of carbonyl (C=O) groups is 1. The van der Waals surface area contributed by atoms with Crippen LogP contribution >= 0.6 is 0 Å². The number of piperazine rings is 1. The molecule has 0 aliphatic carbocycles. The summed E-state index contributed by atoms with van der Waals surface area (Å²) in [6.07, 6.45) is 2.19. The van der Waals surface area contributed by atoms with Crippen molar-refractivity contribution in [1.82, 2.24) is 14.9 Å². The third-order valence-corrected chi connectivity index (χ3v) is 6.81. The van der Waals surface area contributed by atoms with Crippen molar-refractivity contribution in [2.24, 2.45) is 0 Å². The van der Waals surface area contributed by atoms with Gasteiger partial charge in [-0.3, -0.25) is 4.79 Å². The molecule has 0 radical (unpaired) electrons. The van der Waals surface area contributed by atoms with Crippen molar-refractivity contribution in [3.63, 3.8) is 0 Å². The van der Waals surface area contributed by atoms with Crippen LogP contribution in [0.25, 0.3) is 0 Å². The van der Waals surface area contributed by atoms with Gasteiger partial charge >= 0.3 is 0 Å². The SMILES string of the molecule is Cc1cnc(Nc2ccc(N3CCOCC3)cc2)nc1N1CCN(C(=O)Cc2ccc(C#N)cc2)CC1. The number of morpholine rings is 1. The number of aryl methyl sites for hydroxylation is 1. The second kappa shape index (κ2) is 11.3. The van der Waals surface area contributed by atoms with Crippen LogP contribution in [-0.2, 0) is 16.0 Å². The van der Waals surface area contributed by atoms with Gasteiger partial charge in [0.1, 0.15) is 5.82 Å². The predicted octanol–water partition coefficient (Wildman–Crippen LogP) is 3.13. The molecule has 1 N–H and O–H groups in total. The molecule has 9 nitrogen and oxygen atoms in total. The Hall–Kier alpha value is -4.16. The van der Waals surface area contributed by atoms with E-state index in [9.17, 15) is 4.79 Å². The summed E-state index contributed by atoms with van der Waals surface area (Å²) >= 11 is 0. The van der Waals surface area contributed by atoms with Gasteiger partial charge in [-0.2, -0.15) is 10.2 Å². The van der Waals surface area contributed by atoms with Crippen LogP contribution in [0.2, 0.25) is 0 Å². The number of aromatic nitrogens is 2. The highest BCUT2D eigenvalue weighted by Crippen LogP contribution is 2.24. The van der Waals surface area contributed by atoms with Crippen molar-refractivity contribution in [1.29, 1.82) is 5.26 Å². The van der Waals surface area contributed by atoms with Gasteiger partial charge < -0.3 is 24.8 Å². The van der Waals surface area contributed by atoms with E-state index in [-0.39, 0.29) is 5.91 Å². The molecule has 2 aliphatic rings. The molecule has 0 atom stereocenters. The van der Waals surface area contributed by atoms with E-state index in [1.807, 2.05) is 42.3 Å². The molecule has 9 heteroatoms. The molecule has 2 fully saturated rings. The third-order valence-electron chi connectivity index (χ3n) is 6.81. The summed E-state index contributed by atoms with van der Waals surface area (Å²) in [4.78, 5) is 28.5. The third kappa shape index (κ3) is 5.98. The molecule has 3 aromatic rings. The summed E-state index contributed by atoms with van der Waals surface area (Å²) in [5.41, 5.74) is 4.65. The number of carbonyl (C=O) groups excluding carboxylic acids is 1. The summed E-state index contributed by atoms with van der Waals surface area (Å²) in [6.45, 7) is 8.07. The number of ether oxygens (including phenoxy) is 1. The minimum Gasteiger partial charge on any atom is -0.378 e. The lowest BCUT2D eigenvalue weighted by Crippen LogP contribution is -2.49. The molecule has 2 aliphatic heterocycles. The van der Waals surface area contributed by atoms with Gasteiger partial charge in [0.05, 0.1) is 31.3 Å². The Kier molecular flexibility index (Phi) is 7.47. The molecule has 3 heterocycles. The number of benzene rings is 2. The van der Waals surface area contributed by atoms with Crippen LogP contribution in [0.15, 0.2) is 54.7 Å². The zero-order valence-corrected chi connectivity index (χ0v) is 21.1. The first-order valence-corrected chi connectivity index (χ1v) is 12.6. The van der Waals surface area contributed by atoms with E-state index in [0.717, 1.165) is 48.9 Å². The van der Waals surface area contributed by atoms with Crippen molar-refractivity contribution in [2.75, 3.05) is 67.6 Å². The smallest absolute Gasteiger partial charge is 0.229 e. The number of rotatable bonds is 6. The van der Waals surface area contributed by atoms with Gasteiger partial charge in [0.25, 0.3) is 0 Å². The Balaban J connectivity index is 1.18. The lowest BCUT2D eigenvalue weighted by atomic mass is 10.1.